The van der Waals surface area contributed by atoms with Crippen molar-refractivity contribution in [2.75, 3.05) is 5.32 Å². The third-order valence-corrected chi connectivity index (χ3v) is 4.65. The minimum atomic E-state index is -1.04. The average molecular weight is 422 g/mol. The molecule has 1 heterocycles. The van der Waals surface area contributed by atoms with Crippen LogP contribution >= 0.6 is 11.6 Å². The number of nitrogens with zero attached hydrogens (tertiary/aromatic N) is 2. The number of benzene rings is 1. The van der Waals surface area contributed by atoms with Gasteiger partial charge < -0.3 is 21.1 Å². The number of rotatable bonds is 7. The van der Waals surface area contributed by atoms with E-state index in [9.17, 15) is 14.4 Å². The van der Waals surface area contributed by atoms with E-state index >= 15 is 0 Å². The van der Waals surface area contributed by atoms with Crippen LogP contribution in [0.15, 0.2) is 24.3 Å². The maximum absolute atomic E-state index is 12.4. The molecule has 1 aromatic carbocycles. The minimum absolute atomic E-state index is 0.201. The molecule has 0 aliphatic rings. The average Bonchev–Trinajstić information content (AvgIpc) is 2.87. The number of carbonyl (C=O) groups is 3. The topological polar surface area (TPSA) is 128 Å². The van der Waals surface area contributed by atoms with Gasteiger partial charge in [-0.05, 0) is 38.5 Å². The van der Waals surface area contributed by atoms with Gasteiger partial charge in [-0.25, -0.2) is 4.79 Å². The van der Waals surface area contributed by atoms with Crippen LogP contribution in [0.3, 0.4) is 0 Å². The number of hydrogen-bond donors (Lipinski definition) is 3. The highest BCUT2D eigenvalue weighted by Gasteiger charge is 2.24. The quantitative estimate of drug-likeness (QED) is 0.591. The molecule has 1 aromatic heterocycles. The molecule has 0 saturated carbocycles. The number of aromatic nitrogens is 2. The van der Waals surface area contributed by atoms with E-state index in [1.807, 2.05) is 6.92 Å². The number of anilines is 1. The molecule has 2 aromatic rings. The number of urea groups is 1. The van der Waals surface area contributed by atoms with Crippen LogP contribution in [0.2, 0.25) is 5.02 Å². The summed E-state index contributed by atoms with van der Waals surface area (Å²) in [5, 5.41) is 9.95. The van der Waals surface area contributed by atoms with Crippen molar-refractivity contribution in [3.8, 4) is 0 Å². The lowest BCUT2D eigenvalue weighted by molar-refractivity contribution is -0.153. The van der Waals surface area contributed by atoms with Crippen molar-refractivity contribution in [2.24, 2.45) is 12.8 Å². The highest BCUT2D eigenvalue weighted by atomic mass is 35.5. The molecule has 10 heteroatoms. The normalized spacial score (nSPS) is 12.7. The summed E-state index contributed by atoms with van der Waals surface area (Å²) in [7, 11) is 1.77. The molecule has 0 fully saturated rings. The molecule has 156 valence electrons. The van der Waals surface area contributed by atoms with E-state index in [4.69, 9.17) is 22.1 Å². The van der Waals surface area contributed by atoms with Gasteiger partial charge in [0.15, 0.2) is 6.10 Å². The Labute approximate surface area is 173 Å². The third-order valence-electron chi connectivity index (χ3n) is 4.39. The lowest BCUT2D eigenvalue weighted by Crippen LogP contribution is -2.36. The van der Waals surface area contributed by atoms with Crippen molar-refractivity contribution in [2.45, 2.75) is 39.3 Å². The lowest BCUT2D eigenvalue weighted by Gasteiger charge is -2.19. The standard InChI is InChI=1S/C19H24ClN5O4/c1-10-17(11(2)25(4)24-10)23-18(27)12(3)29-16(26)9-15(22-19(21)28)13-5-7-14(20)8-6-13/h5-8,12,15H,9H2,1-4H3,(H,23,27)(H3,21,22,28)/t12-,15-/m0/s1. The first kappa shape index (κ1) is 22.2. The molecule has 0 aliphatic heterocycles. The zero-order chi connectivity index (χ0) is 21.7. The first-order valence-electron chi connectivity index (χ1n) is 8.90. The second kappa shape index (κ2) is 9.42. The van der Waals surface area contributed by atoms with Gasteiger partial charge in [-0.3, -0.25) is 14.3 Å². The van der Waals surface area contributed by atoms with E-state index in [2.05, 4.69) is 15.7 Å². The summed E-state index contributed by atoms with van der Waals surface area (Å²) in [5.41, 5.74) is 7.85. The summed E-state index contributed by atoms with van der Waals surface area (Å²) in [4.78, 5) is 36.0. The Morgan fingerprint density at radius 2 is 1.86 bits per heavy atom. The number of ether oxygens (including phenoxy) is 1. The van der Waals surface area contributed by atoms with Crippen molar-refractivity contribution < 1.29 is 19.1 Å². The van der Waals surface area contributed by atoms with Crippen molar-refractivity contribution in [1.82, 2.24) is 15.1 Å². The molecule has 9 nitrogen and oxygen atoms in total. The second-order valence-electron chi connectivity index (χ2n) is 6.61. The Balaban J connectivity index is 2.01. The molecule has 0 unspecified atom stereocenters. The Morgan fingerprint density at radius 1 is 1.24 bits per heavy atom. The Hall–Kier alpha value is -3.07. The molecule has 2 atom stereocenters. The monoisotopic (exact) mass is 421 g/mol. The summed E-state index contributed by atoms with van der Waals surface area (Å²) in [5.74, 6) is -1.15. The molecule has 0 spiro atoms. The molecular weight excluding hydrogens is 398 g/mol. The van der Waals surface area contributed by atoms with E-state index in [1.54, 1.807) is 42.9 Å². The van der Waals surface area contributed by atoms with E-state index in [1.165, 1.54) is 6.92 Å². The van der Waals surface area contributed by atoms with Crippen molar-refractivity contribution >= 4 is 35.2 Å². The van der Waals surface area contributed by atoms with Crippen molar-refractivity contribution in [3.05, 3.63) is 46.2 Å². The highest BCUT2D eigenvalue weighted by molar-refractivity contribution is 6.30. The van der Waals surface area contributed by atoms with Crippen LogP contribution in [-0.2, 0) is 21.4 Å². The predicted molar refractivity (Wildman–Crippen MR) is 108 cm³/mol. The van der Waals surface area contributed by atoms with E-state index < -0.39 is 30.1 Å². The molecule has 29 heavy (non-hydrogen) atoms. The van der Waals surface area contributed by atoms with Crippen LogP contribution in [-0.4, -0.2) is 33.8 Å². The van der Waals surface area contributed by atoms with E-state index in [0.717, 1.165) is 5.69 Å². The van der Waals surface area contributed by atoms with Crippen LogP contribution in [0, 0.1) is 13.8 Å². The van der Waals surface area contributed by atoms with Gasteiger partial charge in [0.05, 0.1) is 29.5 Å². The number of halogens is 1. The minimum Gasteiger partial charge on any atom is -0.452 e. The first-order chi connectivity index (χ1) is 13.6. The van der Waals surface area contributed by atoms with Gasteiger partial charge in [-0.15, -0.1) is 0 Å². The largest absolute Gasteiger partial charge is 0.452 e. The Morgan fingerprint density at radius 3 is 2.38 bits per heavy atom. The molecule has 2 rings (SSSR count). The Kier molecular flexibility index (Phi) is 7.22. The van der Waals surface area contributed by atoms with Gasteiger partial charge in [-0.1, -0.05) is 23.7 Å². The van der Waals surface area contributed by atoms with Crippen molar-refractivity contribution in [1.29, 1.82) is 0 Å². The van der Waals surface area contributed by atoms with Crippen LogP contribution in [0.1, 0.15) is 36.3 Å². The van der Waals surface area contributed by atoms with Gasteiger partial charge >= 0.3 is 12.0 Å². The summed E-state index contributed by atoms with van der Waals surface area (Å²) in [6, 6.07) is 5.10. The maximum Gasteiger partial charge on any atom is 0.312 e. The fraction of sp³-hybridized carbons (Fsp3) is 0.368. The SMILES string of the molecule is Cc1nn(C)c(C)c1NC(=O)[C@H](C)OC(=O)C[C@H](NC(N)=O)c1ccc(Cl)cc1. The fourth-order valence-electron chi connectivity index (χ4n) is 2.76. The third kappa shape index (κ3) is 5.95. The fourth-order valence-corrected chi connectivity index (χ4v) is 2.89. The van der Waals surface area contributed by atoms with Crippen LogP contribution in [0.5, 0.6) is 0 Å². The smallest absolute Gasteiger partial charge is 0.312 e. The number of primary amides is 1. The number of esters is 1. The number of hydrogen-bond acceptors (Lipinski definition) is 5. The Bertz CT molecular complexity index is 910. The van der Waals surface area contributed by atoms with E-state index in [-0.39, 0.29) is 6.42 Å². The summed E-state index contributed by atoms with van der Waals surface area (Å²) in [6.45, 7) is 5.05. The molecule has 4 N–H and O–H groups in total. The van der Waals surface area contributed by atoms with Crippen LogP contribution in [0.25, 0.3) is 0 Å². The maximum atomic E-state index is 12.4. The second-order valence-corrected chi connectivity index (χ2v) is 7.04. The number of nitrogens with one attached hydrogen (secondary N) is 2. The van der Waals surface area contributed by atoms with Gasteiger partial charge in [-0.2, -0.15) is 5.10 Å². The molecular formula is C19H24ClN5O4. The van der Waals surface area contributed by atoms with E-state index in [0.29, 0.717) is 22.0 Å². The molecule has 0 radical (unpaired) electrons. The van der Waals surface area contributed by atoms with Gasteiger partial charge in [0.2, 0.25) is 0 Å². The zero-order valence-electron chi connectivity index (χ0n) is 16.7. The zero-order valence-corrected chi connectivity index (χ0v) is 17.4. The summed E-state index contributed by atoms with van der Waals surface area (Å²) >= 11 is 5.87. The number of carbonyl (C=O) groups excluding carboxylic acids is 3. The molecule has 0 saturated heterocycles. The first-order valence-corrected chi connectivity index (χ1v) is 9.28. The molecule has 0 bridgehead atoms. The van der Waals surface area contributed by atoms with Crippen LogP contribution < -0.4 is 16.4 Å². The van der Waals surface area contributed by atoms with Gasteiger partial charge in [0.25, 0.3) is 5.91 Å². The van der Waals surface area contributed by atoms with Crippen LogP contribution in [0.4, 0.5) is 10.5 Å². The molecule has 0 aliphatic carbocycles. The van der Waals surface area contributed by atoms with Gasteiger partial charge in [0.1, 0.15) is 0 Å². The number of nitrogens with two attached hydrogens (primary N) is 1. The number of amides is 3. The van der Waals surface area contributed by atoms with Crippen molar-refractivity contribution in [3.63, 3.8) is 0 Å². The van der Waals surface area contributed by atoms with Gasteiger partial charge in [0, 0.05) is 12.1 Å². The lowest BCUT2D eigenvalue weighted by atomic mass is 10.0. The molecule has 3 amide bonds. The summed E-state index contributed by atoms with van der Waals surface area (Å²) in [6.07, 6.45) is -1.24. The predicted octanol–water partition coefficient (Wildman–Crippen LogP) is 2.36. The number of aryl methyl sites for hydroxylation is 2. The summed E-state index contributed by atoms with van der Waals surface area (Å²) < 4.78 is 6.88. The highest BCUT2D eigenvalue weighted by Crippen LogP contribution is 2.21.